The van der Waals surface area contributed by atoms with Crippen molar-refractivity contribution in [2.24, 2.45) is 5.41 Å². The Kier molecular flexibility index (Phi) is 4.78. The van der Waals surface area contributed by atoms with Gasteiger partial charge in [-0.15, -0.1) is 0 Å². The van der Waals surface area contributed by atoms with Gasteiger partial charge in [0.05, 0.1) is 12.7 Å². The SMILES string of the molecule is CCc1ccc([C@H]2C(C(=O)OC)=C(C)NC3=C2C(=O)CC(C)(C)C3)cc1. The summed E-state index contributed by atoms with van der Waals surface area (Å²) in [6.07, 6.45) is 2.24. The third-order valence-corrected chi connectivity index (χ3v) is 5.37. The zero-order valence-corrected chi connectivity index (χ0v) is 16.2. The predicted octanol–water partition coefficient (Wildman–Crippen LogP) is 4.03. The Morgan fingerprint density at radius 1 is 1.23 bits per heavy atom. The summed E-state index contributed by atoms with van der Waals surface area (Å²) >= 11 is 0. The van der Waals surface area contributed by atoms with Crippen molar-refractivity contribution in [2.75, 3.05) is 7.11 Å². The summed E-state index contributed by atoms with van der Waals surface area (Å²) in [5, 5.41) is 3.33. The smallest absolute Gasteiger partial charge is 0.336 e. The summed E-state index contributed by atoms with van der Waals surface area (Å²) < 4.78 is 5.04. The Balaban J connectivity index is 2.17. The molecule has 1 aromatic carbocycles. The zero-order chi connectivity index (χ0) is 19.1. The van der Waals surface area contributed by atoms with E-state index in [4.69, 9.17) is 4.74 Å². The molecule has 4 heteroatoms. The average molecular weight is 353 g/mol. The van der Waals surface area contributed by atoms with Gasteiger partial charge >= 0.3 is 5.97 Å². The Hall–Kier alpha value is -2.36. The van der Waals surface area contributed by atoms with Crippen molar-refractivity contribution in [1.82, 2.24) is 5.32 Å². The first-order valence-electron chi connectivity index (χ1n) is 9.18. The van der Waals surface area contributed by atoms with Crippen molar-refractivity contribution < 1.29 is 14.3 Å². The quantitative estimate of drug-likeness (QED) is 0.834. The van der Waals surface area contributed by atoms with Crippen molar-refractivity contribution in [2.45, 2.75) is 52.9 Å². The van der Waals surface area contributed by atoms with E-state index in [0.717, 1.165) is 35.4 Å². The van der Waals surface area contributed by atoms with Gasteiger partial charge in [-0.25, -0.2) is 4.79 Å². The summed E-state index contributed by atoms with van der Waals surface area (Å²) in [5.41, 5.74) is 5.08. The minimum absolute atomic E-state index is 0.0808. The summed E-state index contributed by atoms with van der Waals surface area (Å²) in [5.74, 6) is -0.640. The topological polar surface area (TPSA) is 55.4 Å². The highest BCUT2D eigenvalue weighted by Crippen LogP contribution is 2.46. The maximum absolute atomic E-state index is 13.0. The predicted molar refractivity (Wildman–Crippen MR) is 101 cm³/mol. The van der Waals surface area contributed by atoms with E-state index in [1.54, 1.807) is 0 Å². The normalized spacial score (nSPS) is 22.0. The molecule has 0 unspecified atom stereocenters. The zero-order valence-electron chi connectivity index (χ0n) is 16.2. The number of ether oxygens (including phenoxy) is 1. The van der Waals surface area contributed by atoms with Crippen LogP contribution in [0.5, 0.6) is 0 Å². The molecule has 1 heterocycles. The monoisotopic (exact) mass is 353 g/mol. The molecule has 0 radical (unpaired) electrons. The van der Waals surface area contributed by atoms with Gasteiger partial charge in [0.1, 0.15) is 0 Å². The van der Waals surface area contributed by atoms with E-state index in [2.05, 4.69) is 38.2 Å². The van der Waals surface area contributed by atoms with E-state index in [9.17, 15) is 9.59 Å². The highest BCUT2D eigenvalue weighted by atomic mass is 16.5. The molecule has 2 aliphatic rings. The van der Waals surface area contributed by atoms with Gasteiger partial charge in [-0.05, 0) is 36.3 Å². The molecule has 1 aliphatic carbocycles. The fraction of sp³-hybridized carbons (Fsp3) is 0.455. The fourth-order valence-corrected chi connectivity index (χ4v) is 4.10. The molecule has 1 aromatic rings. The summed E-state index contributed by atoms with van der Waals surface area (Å²) in [6, 6.07) is 8.20. The van der Waals surface area contributed by atoms with Crippen LogP contribution in [0.3, 0.4) is 0 Å². The first kappa shape index (κ1) is 18.4. The number of carbonyl (C=O) groups excluding carboxylic acids is 2. The van der Waals surface area contributed by atoms with Gasteiger partial charge in [0, 0.05) is 29.3 Å². The average Bonchev–Trinajstić information content (AvgIpc) is 2.59. The number of benzene rings is 1. The number of hydrogen-bond acceptors (Lipinski definition) is 4. The number of rotatable bonds is 3. The lowest BCUT2D eigenvalue weighted by Crippen LogP contribution is -2.38. The maximum atomic E-state index is 13.0. The molecular formula is C22H27NO3. The number of dihydropyridines is 1. The summed E-state index contributed by atoms with van der Waals surface area (Å²) in [7, 11) is 1.38. The highest BCUT2D eigenvalue weighted by Gasteiger charge is 2.42. The lowest BCUT2D eigenvalue weighted by molar-refractivity contribution is -0.136. The molecule has 3 rings (SSSR count). The highest BCUT2D eigenvalue weighted by molar-refractivity contribution is 6.04. The second-order valence-electron chi connectivity index (χ2n) is 8.02. The minimum atomic E-state index is -0.385. The second-order valence-corrected chi connectivity index (χ2v) is 8.02. The van der Waals surface area contributed by atoms with Gasteiger partial charge in [-0.1, -0.05) is 45.0 Å². The third kappa shape index (κ3) is 3.20. The summed E-state index contributed by atoms with van der Waals surface area (Å²) in [4.78, 5) is 25.6. The van der Waals surface area contributed by atoms with E-state index >= 15 is 0 Å². The van der Waals surface area contributed by atoms with Crippen molar-refractivity contribution in [3.05, 3.63) is 57.9 Å². The maximum Gasteiger partial charge on any atom is 0.336 e. The van der Waals surface area contributed by atoms with Crippen molar-refractivity contribution in [3.8, 4) is 0 Å². The molecule has 1 atom stereocenters. The molecule has 0 bridgehead atoms. The van der Waals surface area contributed by atoms with Crippen LogP contribution in [0.2, 0.25) is 0 Å². The van der Waals surface area contributed by atoms with Crippen LogP contribution >= 0.6 is 0 Å². The van der Waals surface area contributed by atoms with Crippen molar-refractivity contribution in [1.29, 1.82) is 0 Å². The van der Waals surface area contributed by atoms with Gasteiger partial charge < -0.3 is 10.1 Å². The lowest BCUT2D eigenvalue weighted by atomic mass is 9.68. The van der Waals surface area contributed by atoms with E-state index in [0.29, 0.717) is 12.0 Å². The minimum Gasteiger partial charge on any atom is -0.466 e. The van der Waals surface area contributed by atoms with Gasteiger partial charge in [-0.2, -0.15) is 0 Å². The van der Waals surface area contributed by atoms with Crippen LogP contribution in [0.1, 0.15) is 57.6 Å². The molecule has 0 aromatic heterocycles. The molecule has 0 spiro atoms. The number of esters is 1. The van der Waals surface area contributed by atoms with Crippen LogP contribution in [-0.2, 0) is 20.7 Å². The molecule has 138 valence electrons. The standard InChI is InChI=1S/C22H27NO3/c1-6-14-7-9-15(10-8-14)19-18(21(25)26-5)13(2)23-16-11-22(3,4)12-17(24)20(16)19/h7-10,19,23H,6,11-12H2,1-5H3/t19-/m0/s1. The van der Waals surface area contributed by atoms with E-state index < -0.39 is 0 Å². The number of hydrogen-bond donors (Lipinski definition) is 1. The molecule has 0 saturated heterocycles. The molecule has 0 amide bonds. The molecule has 0 saturated carbocycles. The molecular weight excluding hydrogens is 326 g/mol. The second kappa shape index (κ2) is 6.75. The first-order valence-corrected chi connectivity index (χ1v) is 9.18. The third-order valence-electron chi connectivity index (χ3n) is 5.37. The number of carbonyl (C=O) groups is 2. The van der Waals surface area contributed by atoms with Crippen LogP contribution in [0, 0.1) is 5.41 Å². The summed E-state index contributed by atoms with van der Waals surface area (Å²) in [6.45, 7) is 8.21. The largest absolute Gasteiger partial charge is 0.466 e. The number of aryl methyl sites for hydroxylation is 1. The van der Waals surface area contributed by atoms with Crippen LogP contribution in [0.15, 0.2) is 46.8 Å². The van der Waals surface area contributed by atoms with Crippen LogP contribution in [0.25, 0.3) is 0 Å². The van der Waals surface area contributed by atoms with E-state index in [1.807, 2.05) is 19.1 Å². The van der Waals surface area contributed by atoms with E-state index in [1.165, 1.54) is 12.7 Å². The molecule has 26 heavy (non-hydrogen) atoms. The van der Waals surface area contributed by atoms with Gasteiger partial charge in [0.25, 0.3) is 0 Å². The molecule has 4 nitrogen and oxygen atoms in total. The Morgan fingerprint density at radius 2 is 1.88 bits per heavy atom. The van der Waals surface area contributed by atoms with Gasteiger partial charge in [0.2, 0.25) is 0 Å². The number of nitrogens with one attached hydrogen (secondary N) is 1. The first-order chi connectivity index (χ1) is 12.3. The lowest BCUT2D eigenvalue weighted by Gasteiger charge is -2.39. The van der Waals surface area contributed by atoms with Crippen LogP contribution in [-0.4, -0.2) is 18.9 Å². The molecule has 0 fully saturated rings. The Labute approximate surface area is 155 Å². The number of allylic oxidation sites excluding steroid dienone is 3. The van der Waals surface area contributed by atoms with Crippen molar-refractivity contribution in [3.63, 3.8) is 0 Å². The van der Waals surface area contributed by atoms with Gasteiger partial charge in [0.15, 0.2) is 5.78 Å². The molecule has 1 N–H and O–H groups in total. The molecule has 1 aliphatic heterocycles. The number of ketones is 1. The number of methoxy groups -OCH3 is 1. The number of Topliss-reactive ketones (excluding diaryl/α,β-unsaturated/α-hetero) is 1. The van der Waals surface area contributed by atoms with Crippen LogP contribution in [0.4, 0.5) is 0 Å². The fourth-order valence-electron chi connectivity index (χ4n) is 4.10. The Morgan fingerprint density at radius 3 is 2.46 bits per heavy atom. The van der Waals surface area contributed by atoms with Gasteiger partial charge in [-0.3, -0.25) is 4.79 Å². The van der Waals surface area contributed by atoms with Crippen LogP contribution < -0.4 is 5.32 Å². The van der Waals surface area contributed by atoms with Crippen molar-refractivity contribution >= 4 is 11.8 Å². The Bertz CT molecular complexity index is 812. The van der Waals surface area contributed by atoms with E-state index in [-0.39, 0.29) is 23.1 Å².